The lowest BCUT2D eigenvalue weighted by molar-refractivity contribution is -0.132. The molecule has 12 heteroatoms. The molecule has 0 aliphatic carbocycles. The SMILES string of the molecule is CCCCCOc1ccc(C2/C(=C(\O)c3ccc4c(c3)OCCO4)C(=O)C(=O)N2c2nnc(SCc3cccc4ccccc34)s2)cc1OCC. The molecule has 0 spiro atoms. The molecule has 1 amide bonds. The number of aliphatic hydroxyl groups excluding tert-OH is 1. The van der Waals surface area contributed by atoms with Crippen LogP contribution in [0.4, 0.5) is 5.13 Å². The molecule has 3 heterocycles. The average Bonchev–Trinajstić information content (AvgIpc) is 3.73. The Labute approximate surface area is 304 Å². The van der Waals surface area contributed by atoms with Gasteiger partial charge in [-0.3, -0.25) is 14.5 Å². The monoisotopic (exact) mass is 723 g/mol. The summed E-state index contributed by atoms with van der Waals surface area (Å²) in [5, 5.41) is 23.1. The fourth-order valence-electron chi connectivity index (χ4n) is 6.22. The molecule has 1 atom stereocenters. The second-order valence-corrected chi connectivity index (χ2v) is 14.2. The molecule has 0 saturated carbocycles. The Balaban J connectivity index is 1.27. The Hall–Kier alpha value is -5.07. The summed E-state index contributed by atoms with van der Waals surface area (Å²) in [5.41, 5.74) is 1.91. The van der Waals surface area contributed by atoms with Gasteiger partial charge < -0.3 is 24.1 Å². The summed E-state index contributed by atoms with van der Waals surface area (Å²) in [6.45, 7) is 5.67. The number of ether oxygens (including phenoxy) is 4. The zero-order valence-electron chi connectivity index (χ0n) is 28.3. The molecular formula is C39H37N3O7S2. The third-order valence-electron chi connectivity index (χ3n) is 8.68. The predicted molar refractivity (Wildman–Crippen MR) is 198 cm³/mol. The van der Waals surface area contributed by atoms with Crippen molar-refractivity contribution in [1.29, 1.82) is 0 Å². The lowest BCUT2D eigenvalue weighted by Gasteiger charge is -2.24. The lowest BCUT2D eigenvalue weighted by Crippen LogP contribution is -2.29. The first kappa shape index (κ1) is 34.4. The highest BCUT2D eigenvalue weighted by atomic mass is 32.2. The van der Waals surface area contributed by atoms with Gasteiger partial charge >= 0.3 is 5.91 Å². The van der Waals surface area contributed by atoms with Crippen LogP contribution in [0.1, 0.15) is 55.8 Å². The highest BCUT2D eigenvalue weighted by Gasteiger charge is 2.48. The Morgan fingerprint density at radius 2 is 1.75 bits per heavy atom. The molecule has 262 valence electrons. The van der Waals surface area contributed by atoms with Gasteiger partial charge in [0.2, 0.25) is 5.13 Å². The van der Waals surface area contributed by atoms with Crippen molar-refractivity contribution < 1.29 is 33.6 Å². The number of anilines is 1. The number of aromatic nitrogens is 2. The summed E-state index contributed by atoms with van der Waals surface area (Å²) in [5.74, 6) is 0.641. The predicted octanol–water partition coefficient (Wildman–Crippen LogP) is 8.35. The maximum absolute atomic E-state index is 13.9. The van der Waals surface area contributed by atoms with Crippen LogP contribution < -0.4 is 23.8 Å². The van der Waals surface area contributed by atoms with Crippen molar-refractivity contribution in [3.05, 3.63) is 101 Å². The van der Waals surface area contributed by atoms with E-state index in [-0.39, 0.29) is 16.5 Å². The van der Waals surface area contributed by atoms with Crippen LogP contribution in [0, 0.1) is 0 Å². The minimum absolute atomic E-state index is 0.0871. The van der Waals surface area contributed by atoms with Crippen molar-refractivity contribution in [3.8, 4) is 23.0 Å². The van der Waals surface area contributed by atoms with Crippen molar-refractivity contribution in [1.82, 2.24) is 10.2 Å². The molecular weight excluding hydrogens is 687 g/mol. The number of hydrogen-bond donors (Lipinski definition) is 1. The number of Topliss-reactive ketones (excluding diaryl/α,β-unsaturated/α-hetero) is 1. The number of rotatable bonds is 13. The summed E-state index contributed by atoms with van der Waals surface area (Å²) in [7, 11) is 0. The molecule has 2 aliphatic rings. The molecule has 1 N–H and O–H groups in total. The fourth-order valence-corrected chi connectivity index (χ4v) is 8.10. The van der Waals surface area contributed by atoms with E-state index in [9.17, 15) is 14.7 Å². The van der Waals surface area contributed by atoms with Gasteiger partial charge in [0.25, 0.3) is 5.78 Å². The molecule has 7 rings (SSSR count). The summed E-state index contributed by atoms with van der Waals surface area (Å²) in [6.07, 6.45) is 3.01. The number of ketones is 1. The summed E-state index contributed by atoms with van der Waals surface area (Å²) in [6, 6.07) is 23.6. The van der Waals surface area contributed by atoms with Crippen LogP contribution in [0.3, 0.4) is 0 Å². The zero-order chi connectivity index (χ0) is 35.3. The standard InChI is InChI=1S/C39H37N3O7S2/c1-3-5-8-18-47-29-16-14-25(21-31(29)46-4-2)34-33(35(43)26-15-17-30-32(22-26)49-20-19-48-30)36(44)37(45)42(34)38-40-41-39(51-38)50-23-27-12-9-11-24-10-6-7-13-28(24)27/h6-7,9-17,21-22,34,43H,3-5,8,18-20,23H2,1-2H3/b35-33+. The van der Waals surface area contributed by atoms with Crippen molar-refractivity contribution in [2.24, 2.45) is 0 Å². The van der Waals surface area contributed by atoms with Gasteiger partial charge in [-0.1, -0.05) is 91.4 Å². The lowest BCUT2D eigenvalue weighted by atomic mass is 9.95. The Bertz CT molecular complexity index is 2110. The van der Waals surface area contributed by atoms with Crippen LogP contribution in [0.15, 0.2) is 88.8 Å². The molecule has 2 aliphatic heterocycles. The van der Waals surface area contributed by atoms with E-state index in [0.29, 0.717) is 70.6 Å². The number of hydrogen-bond acceptors (Lipinski definition) is 11. The van der Waals surface area contributed by atoms with Gasteiger partial charge in [-0.15, -0.1) is 10.2 Å². The molecule has 1 saturated heterocycles. The number of amides is 1. The van der Waals surface area contributed by atoms with Gasteiger partial charge in [0.05, 0.1) is 24.8 Å². The van der Waals surface area contributed by atoms with E-state index in [2.05, 4.69) is 41.4 Å². The molecule has 1 unspecified atom stereocenters. The highest BCUT2D eigenvalue weighted by molar-refractivity contribution is 8.00. The van der Waals surface area contributed by atoms with E-state index in [4.69, 9.17) is 18.9 Å². The van der Waals surface area contributed by atoms with Crippen LogP contribution in [-0.4, -0.2) is 53.4 Å². The molecule has 0 bridgehead atoms. The fraction of sp³-hybridized carbons (Fsp3) is 0.282. The molecule has 5 aromatic rings. The van der Waals surface area contributed by atoms with Gasteiger partial charge in [-0.2, -0.15) is 0 Å². The van der Waals surface area contributed by atoms with Crippen molar-refractivity contribution >= 4 is 56.5 Å². The first-order valence-electron chi connectivity index (χ1n) is 17.0. The molecule has 10 nitrogen and oxygen atoms in total. The smallest absolute Gasteiger partial charge is 0.301 e. The quantitative estimate of drug-likeness (QED) is 0.0317. The summed E-state index contributed by atoms with van der Waals surface area (Å²) < 4.78 is 24.1. The molecule has 0 radical (unpaired) electrons. The van der Waals surface area contributed by atoms with Crippen LogP contribution >= 0.6 is 23.1 Å². The second kappa shape index (κ2) is 15.4. The number of aliphatic hydroxyl groups is 1. The number of benzene rings is 4. The van der Waals surface area contributed by atoms with Crippen LogP contribution in [0.5, 0.6) is 23.0 Å². The van der Waals surface area contributed by atoms with E-state index in [1.165, 1.54) is 28.0 Å². The first-order chi connectivity index (χ1) is 25.0. The van der Waals surface area contributed by atoms with Crippen LogP contribution in [-0.2, 0) is 15.3 Å². The second-order valence-electron chi connectivity index (χ2n) is 12.0. The van der Waals surface area contributed by atoms with Gasteiger partial charge in [0.15, 0.2) is 27.3 Å². The molecule has 1 fully saturated rings. The van der Waals surface area contributed by atoms with Crippen molar-refractivity contribution in [3.63, 3.8) is 0 Å². The van der Waals surface area contributed by atoms with Crippen LogP contribution in [0.25, 0.3) is 16.5 Å². The molecule has 51 heavy (non-hydrogen) atoms. The number of carbonyl (C=O) groups excluding carboxylic acids is 2. The number of carbonyl (C=O) groups is 2. The van der Waals surface area contributed by atoms with Crippen LogP contribution in [0.2, 0.25) is 0 Å². The van der Waals surface area contributed by atoms with Crippen molar-refractivity contribution in [2.45, 2.75) is 49.2 Å². The Kier molecular flexibility index (Phi) is 10.4. The summed E-state index contributed by atoms with van der Waals surface area (Å²) >= 11 is 2.72. The third kappa shape index (κ3) is 7.11. The van der Waals surface area contributed by atoms with E-state index in [1.54, 1.807) is 36.4 Å². The molecule has 1 aromatic heterocycles. The number of nitrogens with zero attached hydrogens (tertiary/aromatic N) is 3. The Morgan fingerprint density at radius 1 is 0.922 bits per heavy atom. The third-order valence-corrected chi connectivity index (χ3v) is 10.8. The van der Waals surface area contributed by atoms with E-state index in [0.717, 1.165) is 35.6 Å². The zero-order valence-corrected chi connectivity index (χ0v) is 29.9. The van der Waals surface area contributed by atoms with Crippen molar-refractivity contribution in [2.75, 3.05) is 31.3 Å². The summed E-state index contributed by atoms with van der Waals surface area (Å²) in [4.78, 5) is 29.2. The Morgan fingerprint density at radius 3 is 2.59 bits per heavy atom. The highest BCUT2D eigenvalue weighted by Crippen LogP contribution is 2.46. The maximum Gasteiger partial charge on any atom is 0.301 e. The van der Waals surface area contributed by atoms with Gasteiger partial charge in [-0.25, -0.2) is 0 Å². The van der Waals surface area contributed by atoms with Gasteiger partial charge in [0.1, 0.15) is 19.0 Å². The number of unbranched alkanes of at least 4 members (excludes halogenated alkanes) is 2. The first-order valence-corrected chi connectivity index (χ1v) is 18.8. The minimum Gasteiger partial charge on any atom is -0.507 e. The minimum atomic E-state index is -1.03. The normalized spacial score (nSPS) is 16.5. The topological polar surface area (TPSA) is 120 Å². The van der Waals surface area contributed by atoms with Gasteiger partial charge in [-0.05, 0) is 65.6 Å². The number of fused-ring (bicyclic) bond motifs is 2. The van der Waals surface area contributed by atoms with Gasteiger partial charge in [0, 0.05) is 11.3 Å². The largest absolute Gasteiger partial charge is 0.507 e. The van der Waals surface area contributed by atoms with E-state index < -0.39 is 17.7 Å². The number of thioether (sulfide) groups is 1. The average molecular weight is 724 g/mol. The van der Waals surface area contributed by atoms with E-state index in [1.807, 2.05) is 25.1 Å². The maximum atomic E-state index is 13.9. The van der Waals surface area contributed by atoms with E-state index >= 15 is 0 Å². The molecule has 4 aromatic carbocycles.